The van der Waals surface area contributed by atoms with Gasteiger partial charge in [-0.2, -0.15) is 13.2 Å². The van der Waals surface area contributed by atoms with Crippen LogP contribution in [0.15, 0.2) is 18.2 Å². The van der Waals surface area contributed by atoms with E-state index in [1.54, 1.807) is 0 Å². The number of amides is 3. The Balaban J connectivity index is 2.53. The summed E-state index contributed by atoms with van der Waals surface area (Å²) in [7, 11) is 0. The van der Waals surface area contributed by atoms with Crippen LogP contribution in [-0.2, 0) is 17.4 Å². The highest BCUT2D eigenvalue weighted by Gasteiger charge is 2.36. The number of carbonyl (C=O) groups is 2. The number of hydrogen-bond acceptors (Lipinski definition) is 2. The Bertz CT molecular complexity index is 511. The highest BCUT2D eigenvalue weighted by atomic mass is 19.4. The quantitative estimate of drug-likeness (QED) is 0.754. The summed E-state index contributed by atoms with van der Waals surface area (Å²) in [5, 5.41) is 0. The first-order valence-corrected chi connectivity index (χ1v) is 4.63. The zero-order valence-corrected chi connectivity index (χ0v) is 8.41. The topological polar surface area (TPSA) is 63.4 Å². The molecule has 0 spiro atoms. The van der Waals surface area contributed by atoms with Gasteiger partial charge >= 0.3 is 12.2 Å². The van der Waals surface area contributed by atoms with Crippen LogP contribution in [0, 0.1) is 0 Å². The van der Waals surface area contributed by atoms with Gasteiger partial charge in [0.25, 0.3) is 0 Å². The molecule has 1 aromatic carbocycles. The molecule has 1 aliphatic heterocycles. The van der Waals surface area contributed by atoms with E-state index < -0.39 is 23.7 Å². The number of urea groups is 1. The number of fused-ring (bicyclic) bond motifs is 1. The molecule has 17 heavy (non-hydrogen) atoms. The molecule has 0 unspecified atom stereocenters. The van der Waals surface area contributed by atoms with Crippen molar-refractivity contribution in [2.24, 2.45) is 5.73 Å². The van der Waals surface area contributed by atoms with E-state index in [9.17, 15) is 22.8 Å². The van der Waals surface area contributed by atoms with Crippen LogP contribution in [0.5, 0.6) is 0 Å². The van der Waals surface area contributed by atoms with Crippen molar-refractivity contribution in [3.05, 3.63) is 29.3 Å². The maximum atomic E-state index is 12.5. The van der Waals surface area contributed by atoms with Crippen molar-refractivity contribution in [1.82, 2.24) is 0 Å². The largest absolute Gasteiger partial charge is 0.416 e. The molecule has 2 rings (SSSR count). The summed E-state index contributed by atoms with van der Waals surface area (Å²) in [6.45, 7) is 0. The predicted octanol–water partition coefficient (Wildman–Crippen LogP) is 1.67. The SMILES string of the molecule is NC(=O)N1C(=O)Cc2ccc(C(F)(F)F)cc21. The predicted molar refractivity (Wildman–Crippen MR) is 52.2 cm³/mol. The lowest BCUT2D eigenvalue weighted by atomic mass is 10.1. The Morgan fingerprint density at radius 2 is 2.00 bits per heavy atom. The highest BCUT2D eigenvalue weighted by Crippen LogP contribution is 2.36. The average molecular weight is 244 g/mol. The van der Waals surface area contributed by atoms with Crippen LogP contribution in [0.4, 0.5) is 23.7 Å². The number of halogens is 3. The molecule has 4 nitrogen and oxygen atoms in total. The number of anilines is 1. The maximum absolute atomic E-state index is 12.5. The van der Waals surface area contributed by atoms with Crippen LogP contribution in [0.1, 0.15) is 11.1 Å². The highest BCUT2D eigenvalue weighted by molar-refractivity contribution is 6.18. The molecule has 0 atom stereocenters. The van der Waals surface area contributed by atoms with Crippen molar-refractivity contribution in [2.75, 3.05) is 4.90 Å². The Kier molecular flexibility index (Phi) is 2.34. The molecule has 2 N–H and O–H groups in total. The molecule has 7 heteroatoms. The van der Waals surface area contributed by atoms with Gasteiger partial charge in [-0.15, -0.1) is 0 Å². The van der Waals surface area contributed by atoms with Gasteiger partial charge in [-0.3, -0.25) is 4.79 Å². The van der Waals surface area contributed by atoms with Gasteiger partial charge < -0.3 is 5.73 Å². The van der Waals surface area contributed by atoms with Crippen molar-refractivity contribution >= 4 is 17.6 Å². The van der Waals surface area contributed by atoms with Gasteiger partial charge in [0.1, 0.15) is 0 Å². The molecule has 0 saturated carbocycles. The molecule has 0 bridgehead atoms. The summed E-state index contributed by atoms with van der Waals surface area (Å²) in [4.78, 5) is 22.9. The van der Waals surface area contributed by atoms with Gasteiger partial charge in [-0.05, 0) is 17.7 Å². The molecule has 0 radical (unpaired) electrons. The molecule has 0 aliphatic carbocycles. The zero-order valence-electron chi connectivity index (χ0n) is 8.41. The summed E-state index contributed by atoms with van der Waals surface area (Å²) >= 11 is 0. The first-order valence-electron chi connectivity index (χ1n) is 4.63. The normalized spacial score (nSPS) is 15.0. The summed E-state index contributed by atoms with van der Waals surface area (Å²) < 4.78 is 37.4. The van der Waals surface area contributed by atoms with E-state index in [0.717, 1.165) is 12.1 Å². The summed E-state index contributed by atoms with van der Waals surface area (Å²) in [5.74, 6) is -0.619. The van der Waals surface area contributed by atoms with Crippen LogP contribution in [0.2, 0.25) is 0 Å². The number of nitrogens with zero attached hydrogens (tertiary/aromatic N) is 1. The molecule has 0 aromatic heterocycles. The zero-order chi connectivity index (χ0) is 12.8. The third kappa shape index (κ3) is 1.83. The molecule has 3 amide bonds. The first-order chi connectivity index (χ1) is 7.80. The second kappa shape index (κ2) is 3.47. The van der Waals surface area contributed by atoms with Gasteiger partial charge in [0.15, 0.2) is 0 Å². The third-order valence-corrected chi connectivity index (χ3v) is 2.46. The van der Waals surface area contributed by atoms with E-state index in [2.05, 4.69) is 0 Å². The van der Waals surface area contributed by atoms with Crippen molar-refractivity contribution in [1.29, 1.82) is 0 Å². The fourth-order valence-electron chi connectivity index (χ4n) is 1.72. The number of hydrogen-bond donors (Lipinski definition) is 1. The fourth-order valence-corrected chi connectivity index (χ4v) is 1.72. The monoisotopic (exact) mass is 244 g/mol. The van der Waals surface area contributed by atoms with E-state index in [0.29, 0.717) is 10.5 Å². The Morgan fingerprint density at radius 3 is 2.53 bits per heavy atom. The molecule has 0 saturated heterocycles. The van der Waals surface area contributed by atoms with Crippen LogP contribution in [0.3, 0.4) is 0 Å². The lowest BCUT2D eigenvalue weighted by molar-refractivity contribution is -0.137. The number of imide groups is 1. The lowest BCUT2D eigenvalue weighted by Crippen LogP contribution is -2.38. The number of rotatable bonds is 0. The van der Waals surface area contributed by atoms with Crippen molar-refractivity contribution in [2.45, 2.75) is 12.6 Å². The second-order valence-corrected chi connectivity index (χ2v) is 3.59. The Hall–Kier alpha value is -2.05. The minimum absolute atomic E-state index is 0.0858. The van der Waals surface area contributed by atoms with Crippen LogP contribution < -0.4 is 10.6 Å². The number of primary amides is 1. The smallest absolute Gasteiger partial charge is 0.351 e. The minimum atomic E-state index is -4.52. The maximum Gasteiger partial charge on any atom is 0.416 e. The number of benzene rings is 1. The Morgan fingerprint density at radius 1 is 1.35 bits per heavy atom. The van der Waals surface area contributed by atoms with Gasteiger partial charge in [-0.1, -0.05) is 6.07 Å². The standard InChI is InChI=1S/C10H7F3N2O2/c11-10(12,13)6-2-1-5-3-8(16)15(9(14)17)7(5)4-6/h1-2,4H,3H2,(H2,14,17). The molecule has 90 valence electrons. The van der Waals surface area contributed by atoms with E-state index in [1.165, 1.54) is 6.07 Å². The van der Waals surface area contributed by atoms with Crippen molar-refractivity contribution in [3.8, 4) is 0 Å². The van der Waals surface area contributed by atoms with Crippen LogP contribution >= 0.6 is 0 Å². The van der Waals surface area contributed by atoms with Crippen LogP contribution in [-0.4, -0.2) is 11.9 Å². The van der Waals surface area contributed by atoms with E-state index >= 15 is 0 Å². The second-order valence-electron chi connectivity index (χ2n) is 3.59. The van der Waals surface area contributed by atoms with Crippen molar-refractivity contribution < 1.29 is 22.8 Å². The first kappa shape index (κ1) is 11.4. The summed E-state index contributed by atoms with van der Waals surface area (Å²) in [6.07, 6.45) is -4.64. The minimum Gasteiger partial charge on any atom is -0.351 e. The van der Waals surface area contributed by atoms with Gasteiger partial charge in [0.05, 0.1) is 17.7 Å². The summed E-state index contributed by atoms with van der Waals surface area (Å²) in [5.41, 5.74) is 4.30. The molecule has 0 fully saturated rings. The van der Waals surface area contributed by atoms with Crippen LogP contribution in [0.25, 0.3) is 0 Å². The fraction of sp³-hybridized carbons (Fsp3) is 0.200. The van der Waals surface area contributed by atoms with E-state index in [1.807, 2.05) is 0 Å². The molecule has 1 aliphatic rings. The van der Waals surface area contributed by atoms with Gasteiger partial charge in [0, 0.05) is 0 Å². The average Bonchev–Trinajstić information content (AvgIpc) is 2.50. The van der Waals surface area contributed by atoms with Crippen molar-refractivity contribution in [3.63, 3.8) is 0 Å². The molecule has 1 aromatic rings. The van der Waals surface area contributed by atoms with E-state index in [-0.39, 0.29) is 12.1 Å². The molecular weight excluding hydrogens is 237 g/mol. The third-order valence-electron chi connectivity index (χ3n) is 2.46. The van der Waals surface area contributed by atoms with Gasteiger partial charge in [-0.25, -0.2) is 9.69 Å². The summed E-state index contributed by atoms with van der Waals surface area (Å²) in [6, 6.07) is 1.73. The Labute approximate surface area is 93.8 Å². The number of carbonyl (C=O) groups excluding carboxylic acids is 2. The van der Waals surface area contributed by atoms with Gasteiger partial charge in [0.2, 0.25) is 5.91 Å². The number of alkyl halides is 3. The number of nitrogens with two attached hydrogens (primary N) is 1. The van der Waals surface area contributed by atoms with E-state index in [4.69, 9.17) is 5.73 Å². The molecular formula is C10H7F3N2O2. The lowest BCUT2D eigenvalue weighted by Gasteiger charge is -2.14. The molecule has 1 heterocycles.